The predicted octanol–water partition coefficient (Wildman–Crippen LogP) is 4.38. The van der Waals surface area contributed by atoms with E-state index >= 15 is 0 Å². The lowest BCUT2D eigenvalue weighted by atomic mass is 10.1. The third-order valence-electron chi connectivity index (χ3n) is 5.15. The van der Waals surface area contributed by atoms with E-state index < -0.39 is 40.4 Å². The molecule has 1 heterocycles. The number of fused-ring (bicyclic) bond motifs is 1. The van der Waals surface area contributed by atoms with Crippen LogP contribution < -0.4 is 10.9 Å². The molecule has 0 unspecified atom stereocenters. The minimum atomic E-state index is -0.843. The molecule has 0 bridgehead atoms. The fourth-order valence-corrected chi connectivity index (χ4v) is 3.63. The Morgan fingerprint density at radius 2 is 1.75 bits per heavy atom. The largest absolute Gasteiger partial charge is 0.454 e. The first-order valence-corrected chi connectivity index (χ1v) is 10.8. The predicted molar refractivity (Wildman–Crippen MR) is 132 cm³/mol. The molecule has 4 rings (SSSR count). The molecule has 0 fully saturated rings. The number of rotatable bonds is 7. The summed E-state index contributed by atoms with van der Waals surface area (Å²) >= 11 is 5.74. The van der Waals surface area contributed by atoms with Gasteiger partial charge >= 0.3 is 5.97 Å². The quantitative estimate of drug-likeness (QED) is 0.164. The number of para-hydroxylation sites is 1. The number of anilines is 1. The lowest BCUT2D eigenvalue weighted by Crippen LogP contribution is -2.17. The maximum absolute atomic E-state index is 12.9. The number of ketones is 1. The fourth-order valence-electron chi connectivity index (χ4n) is 3.44. The molecular formula is C25H16ClN3O7. The molecule has 2 N–H and O–H groups in total. The Labute approximate surface area is 207 Å². The van der Waals surface area contributed by atoms with Crippen molar-refractivity contribution in [2.45, 2.75) is 0 Å². The van der Waals surface area contributed by atoms with Gasteiger partial charge in [-0.25, -0.2) is 4.79 Å². The number of esters is 1. The SMILES string of the molecule is O=C(COC(=O)c1cccc(NC(=O)c2cc(=O)[nH]c3ccccc23)c1)c1ccc(Cl)c([N+](=O)[O-])c1. The number of carbonyl (C=O) groups is 3. The van der Waals surface area contributed by atoms with Crippen molar-refractivity contribution < 1.29 is 24.0 Å². The van der Waals surface area contributed by atoms with E-state index in [1.165, 1.54) is 36.4 Å². The Kier molecular flexibility index (Phi) is 6.88. The molecule has 180 valence electrons. The van der Waals surface area contributed by atoms with Crippen molar-refractivity contribution >= 4 is 51.5 Å². The Hall–Kier alpha value is -4.83. The number of H-pyrrole nitrogens is 1. The van der Waals surface area contributed by atoms with Gasteiger partial charge in [0.2, 0.25) is 11.3 Å². The van der Waals surface area contributed by atoms with E-state index in [0.717, 1.165) is 6.07 Å². The van der Waals surface area contributed by atoms with Crippen LogP contribution in [0.25, 0.3) is 10.9 Å². The summed E-state index contributed by atoms with van der Waals surface area (Å²) in [5, 5.41) is 14.1. The molecule has 0 radical (unpaired) electrons. The highest BCUT2D eigenvalue weighted by Crippen LogP contribution is 2.25. The summed E-state index contributed by atoms with van der Waals surface area (Å²) in [6.07, 6.45) is 0. The molecule has 4 aromatic rings. The summed E-state index contributed by atoms with van der Waals surface area (Å²) in [4.78, 5) is 62.5. The zero-order valence-corrected chi connectivity index (χ0v) is 19.1. The smallest absolute Gasteiger partial charge is 0.338 e. The molecule has 0 atom stereocenters. The number of nitrogens with zero attached hydrogens (tertiary/aromatic N) is 1. The van der Waals surface area contributed by atoms with Gasteiger partial charge in [-0.3, -0.25) is 24.5 Å². The number of aromatic nitrogens is 1. The first kappa shape index (κ1) is 24.3. The number of carbonyl (C=O) groups excluding carboxylic acids is 3. The Morgan fingerprint density at radius 3 is 2.53 bits per heavy atom. The number of ether oxygens (including phenoxy) is 1. The van der Waals surface area contributed by atoms with Crippen molar-refractivity contribution in [3.63, 3.8) is 0 Å². The summed E-state index contributed by atoms with van der Waals surface area (Å²) in [5.41, 5.74) is 0.0624. The molecule has 0 aliphatic carbocycles. The molecular weight excluding hydrogens is 490 g/mol. The average Bonchev–Trinajstić information content (AvgIpc) is 2.86. The number of pyridine rings is 1. The van der Waals surface area contributed by atoms with Crippen LogP contribution in [0.2, 0.25) is 5.02 Å². The van der Waals surface area contributed by atoms with E-state index in [-0.39, 0.29) is 27.4 Å². The number of benzene rings is 3. The number of Topliss-reactive ketones (excluding diaryl/α,β-unsaturated/α-hetero) is 1. The van der Waals surface area contributed by atoms with Crippen molar-refractivity contribution in [3.05, 3.63) is 115 Å². The van der Waals surface area contributed by atoms with Gasteiger partial charge in [-0.05, 0) is 36.4 Å². The van der Waals surface area contributed by atoms with Gasteiger partial charge < -0.3 is 15.0 Å². The molecule has 1 amide bonds. The van der Waals surface area contributed by atoms with Crippen molar-refractivity contribution in [1.29, 1.82) is 0 Å². The minimum absolute atomic E-state index is 0.0370. The number of nitro groups is 1. The molecule has 36 heavy (non-hydrogen) atoms. The van der Waals surface area contributed by atoms with Crippen LogP contribution >= 0.6 is 11.6 Å². The highest BCUT2D eigenvalue weighted by Gasteiger charge is 2.18. The number of halogens is 1. The van der Waals surface area contributed by atoms with E-state index in [1.54, 1.807) is 30.3 Å². The second-order valence-electron chi connectivity index (χ2n) is 7.55. The molecule has 0 saturated heterocycles. The molecule has 0 saturated carbocycles. The maximum Gasteiger partial charge on any atom is 0.338 e. The zero-order valence-electron chi connectivity index (χ0n) is 18.3. The maximum atomic E-state index is 12.9. The number of amides is 1. The molecule has 0 aliphatic rings. The molecule has 11 heteroatoms. The van der Waals surface area contributed by atoms with Crippen molar-refractivity contribution in [3.8, 4) is 0 Å². The Balaban J connectivity index is 1.46. The molecule has 0 spiro atoms. The topological polar surface area (TPSA) is 148 Å². The summed E-state index contributed by atoms with van der Waals surface area (Å²) < 4.78 is 5.04. The Morgan fingerprint density at radius 1 is 0.972 bits per heavy atom. The van der Waals surface area contributed by atoms with Crippen molar-refractivity contribution in [2.75, 3.05) is 11.9 Å². The number of nitro benzene ring substituents is 1. The summed E-state index contributed by atoms with van der Waals surface area (Å²) in [6, 6.07) is 17.4. The monoisotopic (exact) mass is 505 g/mol. The molecule has 3 aromatic carbocycles. The first-order valence-electron chi connectivity index (χ1n) is 10.4. The summed E-state index contributed by atoms with van der Waals surface area (Å²) in [7, 11) is 0. The van der Waals surface area contributed by atoms with Gasteiger partial charge in [-0.1, -0.05) is 35.9 Å². The van der Waals surface area contributed by atoms with E-state index in [4.69, 9.17) is 16.3 Å². The Bertz CT molecular complexity index is 1600. The van der Waals surface area contributed by atoms with E-state index in [9.17, 15) is 29.3 Å². The summed E-state index contributed by atoms with van der Waals surface area (Å²) in [5.74, 6) is -2.06. The van der Waals surface area contributed by atoms with Crippen LogP contribution in [0.5, 0.6) is 0 Å². The van der Waals surface area contributed by atoms with Crippen molar-refractivity contribution in [1.82, 2.24) is 4.98 Å². The number of hydrogen-bond acceptors (Lipinski definition) is 7. The van der Waals surface area contributed by atoms with Crippen LogP contribution in [0.4, 0.5) is 11.4 Å². The first-order chi connectivity index (χ1) is 17.2. The van der Waals surface area contributed by atoms with E-state index in [1.807, 2.05) is 0 Å². The molecule has 0 aliphatic heterocycles. The van der Waals surface area contributed by atoms with Gasteiger partial charge in [0.05, 0.1) is 16.1 Å². The van der Waals surface area contributed by atoms with Gasteiger partial charge in [0.15, 0.2) is 6.61 Å². The van der Waals surface area contributed by atoms with E-state index in [0.29, 0.717) is 10.9 Å². The van der Waals surface area contributed by atoms with Crippen LogP contribution in [-0.2, 0) is 4.74 Å². The number of nitrogens with one attached hydrogen (secondary N) is 2. The highest BCUT2D eigenvalue weighted by atomic mass is 35.5. The fraction of sp³-hybridized carbons (Fsp3) is 0.0400. The van der Waals surface area contributed by atoms with Crippen LogP contribution in [0.1, 0.15) is 31.1 Å². The van der Waals surface area contributed by atoms with Gasteiger partial charge in [0.25, 0.3) is 11.6 Å². The second-order valence-corrected chi connectivity index (χ2v) is 7.96. The van der Waals surface area contributed by atoms with Gasteiger partial charge in [0, 0.05) is 34.3 Å². The van der Waals surface area contributed by atoms with E-state index in [2.05, 4.69) is 10.3 Å². The van der Waals surface area contributed by atoms with Crippen LogP contribution in [0.3, 0.4) is 0 Å². The van der Waals surface area contributed by atoms with Gasteiger partial charge in [-0.2, -0.15) is 0 Å². The van der Waals surface area contributed by atoms with Crippen LogP contribution in [-0.4, -0.2) is 34.2 Å². The second kappa shape index (κ2) is 10.2. The van der Waals surface area contributed by atoms with Gasteiger partial charge in [0.1, 0.15) is 5.02 Å². The number of aromatic amines is 1. The zero-order chi connectivity index (χ0) is 25.8. The third kappa shape index (κ3) is 5.29. The van der Waals surface area contributed by atoms with Crippen molar-refractivity contribution in [2.24, 2.45) is 0 Å². The average molecular weight is 506 g/mol. The lowest BCUT2D eigenvalue weighted by Gasteiger charge is -2.09. The van der Waals surface area contributed by atoms with Crippen LogP contribution in [0.15, 0.2) is 77.6 Å². The highest BCUT2D eigenvalue weighted by molar-refractivity contribution is 6.32. The van der Waals surface area contributed by atoms with Crippen LogP contribution in [0, 0.1) is 10.1 Å². The minimum Gasteiger partial charge on any atom is -0.454 e. The molecule has 1 aromatic heterocycles. The standard InChI is InChI=1S/C25H16ClN3O7/c26-19-9-8-14(11-21(19)29(34)35)22(30)13-36-25(33)15-4-3-5-16(10-15)27-24(32)18-12-23(31)28-20-7-2-1-6-17(18)20/h1-12H,13H2,(H,27,32)(H,28,31). The molecule has 10 nitrogen and oxygen atoms in total. The third-order valence-corrected chi connectivity index (χ3v) is 5.47. The lowest BCUT2D eigenvalue weighted by molar-refractivity contribution is -0.384. The normalized spacial score (nSPS) is 10.6. The summed E-state index contributed by atoms with van der Waals surface area (Å²) in [6.45, 7) is -0.660. The van der Waals surface area contributed by atoms with Gasteiger partial charge in [-0.15, -0.1) is 0 Å². The number of hydrogen-bond donors (Lipinski definition) is 2.